The molecule has 1 aromatic rings. The number of nitrogens with zero attached hydrogens (tertiary/aromatic N) is 3. The van der Waals surface area contributed by atoms with Gasteiger partial charge in [-0.2, -0.15) is 0 Å². The number of ether oxygens (including phenoxy) is 1. The summed E-state index contributed by atoms with van der Waals surface area (Å²) in [5, 5.41) is 11.3. The number of hydrogen-bond acceptors (Lipinski definition) is 6. The Bertz CT molecular complexity index is 317. The maximum atomic E-state index is 5.60. The molecule has 104 valence electrons. The van der Waals surface area contributed by atoms with E-state index in [-0.39, 0.29) is 0 Å². The second-order valence-electron chi connectivity index (χ2n) is 3.93. The first-order valence-electron chi connectivity index (χ1n) is 6.67. The van der Waals surface area contributed by atoms with Crippen LogP contribution in [0.2, 0.25) is 0 Å². The third-order valence-electron chi connectivity index (χ3n) is 2.52. The van der Waals surface area contributed by atoms with E-state index in [4.69, 9.17) is 9.15 Å². The van der Waals surface area contributed by atoms with Crippen LogP contribution in [-0.4, -0.2) is 43.0 Å². The van der Waals surface area contributed by atoms with Crippen molar-refractivity contribution in [3.8, 4) is 0 Å². The molecule has 1 aromatic heterocycles. The summed E-state index contributed by atoms with van der Waals surface area (Å²) in [7, 11) is 0. The molecule has 6 nitrogen and oxygen atoms in total. The van der Waals surface area contributed by atoms with E-state index in [0.29, 0.717) is 25.1 Å². The Morgan fingerprint density at radius 1 is 1.28 bits per heavy atom. The van der Waals surface area contributed by atoms with Gasteiger partial charge in [0.1, 0.15) is 0 Å². The Labute approximate surface area is 109 Å². The highest BCUT2D eigenvalue weighted by molar-refractivity contribution is 5.23. The van der Waals surface area contributed by atoms with E-state index < -0.39 is 0 Å². The lowest BCUT2D eigenvalue weighted by Gasteiger charge is -2.17. The average Bonchev–Trinajstić information content (AvgIpc) is 2.84. The first-order valence-corrected chi connectivity index (χ1v) is 6.67. The van der Waals surface area contributed by atoms with E-state index in [1.165, 1.54) is 0 Å². The number of rotatable bonds is 10. The molecule has 1 rings (SSSR count). The van der Waals surface area contributed by atoms with Crippen LogP contribution in [0.1, 0.15) is 33.1 Å². The normalized spacial score (nSPS) is 10.8. The summed E-state index contributed by atoms with van der Waals surface area (Å²) < 4.78 is 10.9. The van der Waals surface area contributed by atoms with Crippen molar-refractivity contribution in [3.05, 3.63) is 5.89 Å². The van der Waals surface area contributed by atoms with Crippen LogP contribution in [-0.2, 0) is 11.3 Å². The first kappa shape index (κ1) is 14.9. The highest BCUT2D eigenvalue weighted by atomic mass is 16.5. The molecule has 1 N–H and O–H groups in total. The van der Waals surface area contributed by atoms with Gasteiger partial charge in [0, 0.05) is 19.7 Å². The predicted molar refractivity (Wildman–Crippen MR) is 70.7 cm³/mol. The summed E-state index contributed by atoms with van der Waals surface area (Å²) in [6.07, 6.45) is 1.09. The number of likely N-dealkylation sites (N-methyl/N-ethyl adjacent to an activating group) is 1. The van der Waals surface area contributed by atoms with Crippen LogP contribution in [0.3, 0.4) is 0 Å². The van der Waals surface area contributed by atoms with Crippen molar-refractivity contribution in [2.45, 2.75) is 33.7 Å². The number of hydrogen-bond donors (Lipinski definition) is 1. The lowest BCUT2D eigenvalue weighted by atomic mass is 10.5. The van der Waals surface area contributed by atoms with Gasteiger partial charge in [-0.05, 0) is 26.8 Å². The van der Waals surface area contributed by atoms with Gasteiger partial charge in [-0.3, -0.25) is 0 Å². The largest absolute Gasteiger partial charge is 0.407 e. The zero-order valence-electron chi connectivity index (χ0n) is 11.6. The summed E-state index contributed by atoms with van der Waals surface area (Å²) >= 11 is 0. The molecule has 0 aliphatic carbocycles. The molecule has 0 aliphatic rings. The van der Waals surface area contributed by atoms with Gasteiger partial charge in [-0.15, -0.1) is 5.10 Å². The second kappa shape index (κ2) is 8.88. The van der Waals surface area contributed by atoms with Gasteiger partial charge >= 0.3 is 6.01 Å². The van der Waals surface area contributed by atoms with Crippen LogP contribution >= 0.6 is 0 Å². The molecule has 0 saturated carbocycles. The van der Waals surface area contributed by atoms with E-state index in [9.17, 15) is 0 Å². The zero-order chi connectivity index (χ0) is 13.2. The van der Waals surface area contributed by atoms with Crippen molar-refractivity contribution in [2.75, 3.05) is 37.7 Å². The fourth-order valence-corrected chi connectivity index (χ4v) is 1.52. The summed E-state index contributed by atoms with van der Waals surface area (Å²) in [5.41, 5.74) is 0. The summed E-state index contributed by atoms with van der Waals surface area (Å²) in [5.74, 6) is 0.633. The van der Waals surface area contributed by atoms with Crippen LogP contribution in [0, 0.1) is 0 Å². The molecular formula is C12H24N4O2. The van der Waals surface area contributed by atoms with Gasteiger partial charge in [0.25, 0.3) is 0 Å². The summed E-state index contributed by atoms with van der Waals surface area (Å²) in [6, 6.07) is 0.575. The van der Waals surface area contributed by atoms with Crippen molar-refractivity contribution >= 4 is 6.01 Å². The standard InChI is InChI=1S/C12H24N4O2/c1-4-7-13-10-11-14-15-12(18-11)16(5-2)8-9-17-6-3/h13H,4-10H2,1-3H3. The molecule has 18 heavy (non-hydrogen) atoms. The maximum absolute atomic E-state index is 5.60. The van der Waals surface area contributed by atoms with Crippen molar-refractivity contribution in [2.24, 2.45) is 0 Å². The Kier molecular flexibility index (Phi) is 7.36. The molecule has 1 heterocycles. The van der Waals surface area contributed by atoms with E-state index in [2.05, 4.69) is 29.4 Å². The van der Waals surface area contributed by atoms with E-state index in [0.717, 1.165) is 32.7 Å². The first-order chi connectivity index (χ1) is 8.81. The SMILES string of the molecule is CCCNCc1nnc(N(CC)CCOCC)o1. The molecule has 0 unspecified atom stereocenters. The smallest absolute Gasteiger partial charge is 0.318 e. The van der Waals surface area contributed by atoms with Gasteiger partial charge in [0.05, 0.1) is 13.2 Å². The molecule has 0 aliphatic heterocycles. The van der Waals surface area contributed by atoms with Gasteiger partial charge in [0.2, 0.25) is 5.89 Å². The molecular weight excluding hydrogens is 232 g/mol. The van der Waals surface area contributed by atoms with Gasteiger partial charge in [-0.25, -0.2) is 0 Å². The molecule has 0 atom stereocenters. The minimum absolute atomic E-state index is 0.575. The van der Waals surface area contributed by atoms with Crippen LogP contribution in [0.15, 0.2) is 4.42 Å². The molecule has 0 spiro atoms. The monoisotopic (exact) mass is 256 g/mol. The van der Waals surface area contributed by atoms with Crippen molar-refractivity contribution in [3.63, 3.8) is 0 Å². The maximum Gasteiger partial charge on any atom is 0.318 e. The lowest BCUT2D eigenvalue weighted by molar-refractivity contribution is 0.153. The highest BCUT2D eigenvalue weighted by Crippen LogP contribution is 2.11. The van der Waals surface area contributed by atoms with Crippen molar-refractivity contribution in [1.29, 1.82) is 0 Å². The fourth-order valence-electron chi connectivity index (χ4n) is 1.52. The third-order valence-corrected chi connectivity index (χ3v) is 2.52. The minimum Gasteiger partial charge on any atom is -0.407 e. The van der Waals surface area contributed by atoms with Crippen LogP contribution < -0.4 is 10.2 Å². The number of aromatic nitrogens is 2. The predicted octanol–water partition coefficient (Wildman–Crippen LogP) is 1.43. The minimum atomic E-state index is 0.575. The summed E-state index contributed by atoms with van der Waals surface area (Å²) in [6.45, 7) is 10.8. The van der Waals surface area contributed by atoms with E-state index >= 15 is 0 Å². The second-order valence-corrected chi connectivity index (χ2v) is 3.93. The fraction of sp³-hybridized carbons (Fsp3) is 0.833. The molecule has 0 saturated heterocycles. The van der Waals surface area contributed by atoms with E-state index in [1.807, 2.05) is 11.8 Å². The molecule has 0 aromatic carbocycles. The number of nitrogens with one attached hydrogen (secondary N) is 1. The third kappa shape index (κ3) is 5.01. The molecule has 0 bridgehead atoms. The van der Waals surface area contributed by atoms with Gasteiger partial charge in [0.15, 0.2) is 0 Å². The van der Waals surface area contributed by atoms with Gasteiger partial charge < -0.3 is 19.4 Å². The van der Waals surface area contributed by atoms with Crippen molar-refractivity contribution < 1.29 is 9.15 Å². The molecule has 0 radical (unpaired) electrons. The van der Waals surface area contributed by atoms with E-state index in [1.54, 1.807) is 0 Å². The molecule has 6 heteroatoms. The molecule has 0 amide bonds. The Morgan fingerprint density at radius 3 is 2.78 bits per heavy atom. The van der Waals surface area contributed by atoms with Crippen LogP contribution in [0.25, 0.3) is 0 Å². The van der Waals surface area contributed by atoms with Gasteiger partial charge in [-0.1, -0.05) is 12.0 Å². The van der Waals surface area contributed by atoms with Crippen LogP contribution in [0.5, 0.6) is 0 Å². The quantitative estimate of drug-likeness (QED) is 0.639. The van der Waals surface area contributed by atoms with Crippen LogP contribution in [0.4, 0.5) is 6.01 Å². The zero-order valence-corrected chi connectivity index (χ0v) is 11.6. The molecule has 0 fully saturated rings. The van der Waals surface area contributed by atoms with Crippen molar-refractivity contribution in [1.82, 2.24) is 15.5 Å². The Balaban J connectivity index is 2.42. The average molecular weight is 256 g/mol. The highest BCUT2D eigenvalue weighted by Gasteiger charge is 2.12. The Hall–Kier alpha value is -1.14. The summed E-state index contributed by atoms with van der Waals surface area (Å²) in [4.78, 5) is 2.02. The topological polar surface area (TPSA) is 63.4 Å². The Morgan fingerprint density at radius 2 is 2.11 bits per heavy atom. The lowest BCUT2D eigenvalue weighted by Crippen LogP contribution is -2.27. The number of anilines is 1.